The van der Waals surface area contributed by atoms with E-state index in [0.29, 0.717) is 23.5 Å². The zero-order chi connectivity index (χ0) is 13.1. The van der Waals surface area contributed by atoms with Gasteiger partial charge in [0.05, 0.1) is 6.10 Å². The van der Waals surface area contributed by atoms with Crippen LogP contribution in [0.4, 0.5) is 0 Å². The Bertz CT molecular complexity index is 219. The second-order valence-electron chi connectivity index (χ2n) is 7.04. The molecule has 0 aromatic rings. The summed E-state index contributed by atoms with van der Waals surface area (Å²) >= 11 is 0. The van der Waals surface area contributed by atoms with Gasteiger partial charge in [0.2, 0.25) is 0 Å². The third-order valence-electron chi connectivity index (χ3n) is 4.03. The molecule has 0 aromatic heterocycles. The summed E-state index contributed by atoms with van der Waals surface area (Å²) in [6.07, 6.45) is 4.19. The first-order valence-electron chi connectivity index (χ1n) is 7.13. The van der Waals surface area contributed by atoms with Crippen LogP contribution in [-0.2, 0) is 4.74 Å². The first-order valence-corrected chi connectivity index (χ1v) is 7.13. The third-order valence-corrected chi connectivity index (χ3v) is 4.03. The summed E-state index contributed by atoms with van der Waals surface area (Å²) in [5, 5.41) is 3.42. The molecule has 1 saturated carbocycles. The molecule has 0 spiro atoms. The van der Waals surface area contributed by atoms with Crippen molar-refractivity contribution >= 4 is 0 Å². The summed E-state index contributed by atoms with van der Waals surface area (Å²) < 4.78 is 6.11. The Morgan fingerprint density at radius 2 is 1.88 bits per heavy atom. The largest absolute Gasteiger partial charge is 0.376 e. The Hall–Kier alpha value is -0.0800. The van der Waals surface area contributed by atoms with Crippen LogP contribution >= 0.6 is 0 Å². The first kappa shape index (κ1) is 15.0. The lowest BCUT2D eigenvalue weighted by atomic mass is 9.70. The molecule has 1 rings (SSSR count). The third kappa shape index (κ3) is 4.59. The Balaban J connectivity index is 2.55. The Labute approximate surface area is 108 Å². The SMILES string of the molecule is CNC1CCC(C(C)(C)C)CC1OCC(C)C. The maximum absolute atomic E-state index is 6.11. The fourth-order valence-corrected chi connectivity index (χ4v) is 2.75. The van der Waals surface area contributed by atoms with E-state index in [1.807, 2.05) is 0 Å². The monoisotopic (exact) mass is 241 g/mol. The molecule has 17 heavy (non-hydrogen) atoms. The van der Waals surface area contributed by atoms with Crippen LogP contribution in [0.5, 0.6) is 0 Å². The lowest BCUT2D eigenvalue weighted by molar-refractivity contribution is -0.0355. The van der Waals surface area contributed by atoms with Crippen LogP contribution in [0.25, 0.3) is 0 Å². The molecular formula is C15H31NO. The fraction of sp³-hybridized carbons (Fsp3) is 1.00. The molecule has 2 heteroatoms. The number of nitrogens with one attached hydrogen (secondary N) is 1. The minimum Gasteiger partial charge on any atom is -0.376 e. The van der Waals surface area contributed by atoms with Gasteiger partial charge in [0, 0.05) is 12.6 Å². The molecular weight excluding hydrogens is 210 g/mol. The lowest BCUT2D eigenvalue weighted by Crippen LogP contribution is -2.46. The standard InChI is InChI=1S/C15H31NO/c1-11(2)10-17-14-9-12(15(3,4)5)7-8-13(14)16-6/h11-14,16H,7-10H2,1-6H3. The molecule has 1 aliphatic rings. The van der Waals surface area contributed by atoms with Crippen LogP contribution in [-0.4, -0.2) is 25.8 Å². The zero-order valence-corrected chi connectivity index (χ0v) is 12.5. The van der Waals surface area contributed by atoms with Gasteiger partial charge >= 0.3 is 0 Å². The number of hydrogen-bond acceptors (Lipinski definition) is 2. The van der Waals surface area contributed by atoms with Crippen molar-refractivity contribution < 1.29 is 4.74 Å². The number of hydrogen-bond donors (Lipinski definition) is 1. The van der Waals surface area contributed by atoms with E-state index in [1.54, 1.807) is 0 Å². The van der Waals surface area contributed by atoms with E-state index in [1.165, 1.54) is 19.3 Å². The van der Waals surface area contributed by atoms with Crippen LogP contribution in [0.3, 0.4) is 0 Å². The van der Waals surface area contributed by atoms with E-state index in [4.69, 9.17) is 4.74 Å². The highest BCUT2D eigenvalue weighted by molar-refractivity contribution is 4.89. The minimum atomic E-state index is 0.403. The highest BCUT2D eigenvalue weighted by Gasteiger charge is 2.35. The highest BCUT2D eigenvalue weighted by Crippen LogP contribution is 2.38. The summed E-state index contributed by atoms with van der Waals surface area (Å²) in [6.45, 7) is 12.4. The van der Waals surface area contributed by atoms with E-state index in [9.17, 15) is 0 Å². The van der Waals surface area contributed by atoms with Gasteiger partial charge in [-0.25, -0.2) is 0 Å². The Morgan fingerprint density at radius 3 is 2.35 bits per heavy atom. The van der Waals surface area contributed by atoms with Crippen molar-refractivity contribution in [2.75, 3.05) is 13.7 Å². The molecule has 0 amide bonds. The summed E-state index contributed by atoms with van der Waals surface area (Å²) in [6, 6.07) is 0.548. The van der Waals surface area contributed by atoms with Crippen molar-refractivity contribution in [1.82, 2.24) is 5.32 Å². The van der Waals surface area contributed by atoms with Crippen LogP contribution in [0, 0.1) is 17.3 Å². The molecule has 2 nitrogen and oxygen atoms in total. The fourth-order valence-electron chi connectivity index (χ4n) is 2.75. The van der Waals surface area contributed by atoms with Crippen molar-refractivity contribution in [3.8, 4) is 0 Å². The van der Waals surface area contributed by atoms with Gasteiger partial charge in [-0.1, -0.05) is 34.6 Å². The maximum Gasteiger partial charge on any atom is 0.0730 e. The smallest absolute Gasteiger partial charge is 0.0730 e. The summed E-state index contributed by atoms with van der Waals surface area (Å²) in [5.74, 6) is 1.42. The molecule has 1 aliphatic carbocycles. The molecule has 0 bridgehead atoms. The van der Waals surface area contributed by atoms with Crippen LogP contribution < -0.4 is 5.32 Å². The maximum atomic E-state index is 6.11. The van der Waals surface area contributed by atoms with Gasteiger partial charge in [-0.05, 0) is 43.6 Å². The van der Waals surface area contributed by atoms with Crippen molar-refractivity contribution in [2.24, 2.45) is 17.3 Å². The van der Waals surface area contributed by atoms with Gasteiger partial charge in [0.15, 0.2) is 0 Å². The van der Waals surface area contributed by atoms with Crippen LogP contribution in [0.2, 0.25) is 0 Å². The molecule has 1 fully saturated rings. The number of likely N-dealkylation sites (N-methyl/N-ethyl adjacent to an activating group) is 1. The second-order valence-corrected chi connectivity index (χ2v) is 7.04. The molecule has 3 unspecified atom stereocenters. The Kier molecular flexibility index (Phi) is 5.46. The van der Waals surface area contributed by atoms with E-state index >= 15 is 0 Å². The summed E-state index contributed by atoms with van der Waals surface area (Å²) in [7, 11) is 2.06. The average molecular weight is 241 g/mol. The van der Waals surface area contributed by atoms with Gasteiger partial charge in [-0.15, -0.1) is 0 Å². The normalized spacial score (nSPS) is 30.9. The van der Waals surface area contributed by atoms with E-state index < -0.39 is 0 Å². The molecule has 0 radical (unpaired) electrons. The Morgan fingerprint density at radius 1 is 1.24 bits per heavy atom. The topological polar surface area (TPSA) is 21.3 Å². The quantitative estimate of drug-likeness (QED) is 0.814. The number of rotatable bonds is 4. The molecule has 0 aliphatic heterocycles. The zero-order valence-electron chi connectivity index (χ0n) is 12.5. The van der Waals surface area contributed by atoms with Crippen molar-refractivity contribution in [3.05, 3.63) is 0 Å². The summed E-state index contributed by atoms with van der Waals surface area (Å²) in [5.41, 5.74) is 0.415. The van der Waals surface area contributed by atoms with Crippen LogP contribution in [0.1, 0.15) is 53.9 Å². The van der Waals surface area contributed by atoms with Gasteiger partial charge in [0.25, 0.3) is 0 Å². The highest BCUT2D eigenvalue weighted by atomic mass is 16.5. The van der Waals surface area contributed by atoms with Gasteiger partial charge in [0.1, 0.15) is 0 Å². The molecule has 0 saturated heterocycles. The van der Waals surface area contributed by atoms with E-state index in [0.717, 1.165) is 12.5 Å². The number of ether oxygens (including phenoxy) is 1. The van der Waals surface area contributed by atoms with E-state index in [-0.39, 0.29) is 0 Å². The van der Waals surface area contributed by atoms with Gasteiger partial charge < -0.3 is 10.1 Å². The second kappa shape index (κ2) is 6.19. The van der Waals surface area contributed by atoms with Crippen molar-refractivity contribution in [3.63, 3.8) is 0 Å². The van der Waals surface area contributed by atoms with Gasteiger partial charge in [-0.3, -0.25) is 0 Å². The molecule has 102 valence electrons. The minimum absolute atomic E-state index is 0.403. The van der Waals surface area contributed by atoms with E-state index in [2.05, 4.69) is 47.0 Å². The predicted octanol–water partition coefficient (Wildman–Crippen LogP) is 3.46. The summed E-state index contributed by atoms with van der Waals surface area (Å²) in [4.78, 5) is 0. The van der Waals surface area contributed by atoms with Crippen molar-refractivity contribution in [2.45, 2.75) is 66.0 Å². The van der Waals surface area contributed by atoms with Crippen LogP contribution in [0.15, 0.2) is 0 Å². The average Bonchev–Trinajstić information content (AvgIpc) is 2.24. The molecule has 3 atom stereocenters. The van der Waals surface area contributed by atoms with Gasteiger partial charge in [-0.2, -0.15) is 0 Å². The lowest BCUT2D eigenvalue weighted by Gasteiger charge is -2.41. The molecule has 1 N–H and O–H groups in total. The first-order chi connectivity index (χ1) is 7.84. The molecule has 0 heterocycles. The predicted molar refractivity (Wildman–Crippen MR) is 74.2 cm³/mol. The van der Waals surface area contributed by atoms with Crippen molar-refractivity contribution in [1.29, 1.82) is 0 Å². The molecule has 0 aromatic carbocycles.